The summed E-state index contributed by atoms with van der Waals surface area (Å²) in [5.74, 6) is -0.701. The van der Waals surface area contributed by atoms with Gasteiger partial charge in [-0.05, 0) is 43.5 Å². The molecule has 1 aromatic rings. The van der Waals surface area contributed by atoms with Crippen molar-refractivity contribution in [3.8, 4) is 0 Å². The average molecular weight is 282 g/mol. The third-order valence-electron chi connectivity index (χ3n) is 3.72. The molecule has 1 N–H and O–H groups in total. The summed E-state index contributed by atoms with van der Waals surface area (Å²) in [7, 11) is 0. The predicted molar refractivity (Wildman–Crippen MR) is 76.4 cm³/mol. The normalized spacial score (nSPS) is 20.4. The van der Waals surface area contributed by atoms with Crippen LogP contribution in [0.4, 0.5) is 0 Å². The van der Waals surface area contributed by atoms with Gasteiger partial charge in [-0.15, -0.1) is 0 Å². The molecule has 0 aliphatic carbocycles. The molecule has 0 spiro atoms. The van der Waals surface area contributed by atoms with E-state index < -0.39 is 5.97 Å². The molecule has 104 valence electrons. The van der Waals surface area contributed by atoms with Crippen molar-refractivity contribution in [2.24, 2.45) is 0 Å². The van der Waals surface area contributed by atoms with Crippen LogP contribution in [0.25, 0.3) is 0 Å². The summed E-state index contributed by atoms with van der Waals surface area (Å²) in [6.07, 6.45) is 4.51. The van der Waals surface area contributed by atoms with Gasteiger partial charge in [0.25, 0.3) is 0 Å². The van der Waals surface area contributed by atoms with Crippen LogP contribution in [0.1, 0.15) is 37.7 Å². The Kier molecular flexibility index (Phi) is 5.23. The molecule has 3 nitrogen and oxygen atoms in total. The molecule has 2 rings (SSSR count). The average Bonchev–Trinajstić information content (AvgIpc) is 2.38. The Hall–Kier alpha value is -1.06. The number of hydrogen-bond acceptors (Lipinski definition) is 2. The van der Waals surface area contributed by atoms with Crippen molar-refractivity contribution in [3.05, 3.63) is 34.9 Å². The van der Waals surface area contributed by atoms with Crippen molar-refractivity contribution in [1.29, 1.82) is 0 Å². The zero-order valence-electron chi connectivity index (χ0n) is 11.0. The molecule has 1 aliphatic rings. The zero-order valence-corrected chi connectivity index (χ0v) is 11.8. The molecule has 1 fully saturated rings. The van der Waals surface area contributed by atoms with Crippen molar-refractivity contribution >= 4 is 17.6 Å². The van der Waals surface area contributed by atoms with Gasteiger partial charge in [0.2, 0.25) is 0 Å². The van der Waals surface area contributed by atoms with Crippen LogP contribution in [0.15, 0.2) is 24.3 Å². The van der Waals surface area contributed by atoms with Crippen molar-refractivity contribution in [3.63, 3.8) is 0 Å². The number of nitrogens with zero attached hydrogens (tertiary/aromatic N) is 1. The summed E-state index contributed by atoms with van der Waals surface area (Å²) >= 11 is 6.01. The summed E-state index contributed by atoms with van der Waals surface area (Å²) in [5.41, 5.74) is 1.20. The second-order valence-corrected chi connectivity index (χ2v) is 5.62. The van der Waals surface area contributed by atoms with Crippen molar-refractivity contribution in [2.45, 2.75) is 44.7 Å². The summed E-state index contributed by atoms with van der Waals surface area (Å²) in [4.78, 5) is 13.1. The molecule has 1 heterocycles. The van der Waals surface area contributed by atoms with Crippen LogP contribution in [-0.2, 0) is 11.3 Å². The Morgan fingerprint density at radius 1 is 1.42 bits per heavy atom. The predicted octanol–water partition coefficient (Wildman–Crippen LogP) is 3.56. The first-order chi connectivity index (χ1) is 9.15. The first-order valence-electron chi connectivity index (χ1n) is 6.85. The van der Waals surface area contributed by atoms with Gasteiger partial charge in [0.05, 0.1) is 0 Å². The Morgan fingerprint density at radius 3 is 3.00 bits per heavy atom. The second kappa shape index (κ2) is 6.92. The maximum Gasteiger partial charge on any atom is 0.303 e. The van der Waals surface area contributed by atoms with Gasteiger partial charge in [-0.1, -0.05) is 30.2 Å². The number of piperidine rings is 1. The Labute approximate surface area is 119 Å². The smallest absolute Gasteiger partial charge is 0.303 e. The molecule has 4 heteroatoms. The number of carboxylic acids is 1. The number of carboxylic acid groups (broad SMARTS) is 1. The highest BCUT2D eigenvalue weighted by molar-refractivity contribution is 6.30. The van der Waals surface area contributed by atoms with Crippen molar-refractivity contribution < 1.29 is 9.90 Å². The van der Waals surface area contributed by atoms with Gasteiger partial charge in [0.15, 0.2) is 0 Å². The van der Waals surface area contributed by atoms with Crippen molar-refractivity contribution in [1.82, 2.24) is 4.90 Å². The number of likely N-dealkylation sites (tertiary alicyclic amines) is 1. The largest absolute Gasteiger partial charge is 0.481 e. The van der Waals surface area contributed by atoms with Gasteiger partial charge in [-0.3, -0.25) is 9.69 Å². The summed E-state index contributed by atoms with van der Waals surface area (Å²) in [6, 6.07) is 8.31. The third-order valence-corrected chi connectivity index (χ3v) is 3.95. The number of aliphatic carboxylic acids is 1. The summed E-state index contributed by atoms with van der Waals surface area (Å²) in [6.45, 7) is 1.92. The minimum absolute atomic E-state index is 0.261. The van der Waals surface area contributed by atoms with Crippen LogP contribution in [0.5, 0.6) is 0 Å². The SMILES string of the molecule is O=C(O)CCC1CCCCN1Cc1cccc(Cl)c1. The highest BCUT2D eigenvalue weighted by Crippen LogP contribution is 2.23. The van der Waals surface area contributed by atoms with Gasteiger partial charge in [0, 0.05) is 24.0 Å². The van der Waals surface area contributed by atoms with E-state index in [0.29, 0.717) is 6.04 Å². The maximum atomic E-state index is 10.7. The van der Waals surface area contributed by atoms with E-state index in [0.717, 1.165) is 31.0 Å². The Balaban J connectivity index is 1.97. The molecule has 1 unspecified atom stereocenters. The minimum Gasteiger partial charge on any atom is -0.481 e. The third kappa shape index (κ3) is 4.51. The highest BCUT2D eigenvalue weighted by atomic mass is 35.5. The molecule has 1 aliphatic heterocycles. The molecule has 19 heavy (non-hydrogen) atoms. The van der Waals surface area contributed by atoms with Crippen LogP contribution < -0.4 is 0 Å². The topological polar surface area (TPSA) is 40.5 Å². The van der Waals surface area contributed by atoms with Gasteiger partial charge < -0.3 is 5.11 Å². The summed E-state index contributed by atoms with van der Waals surface area (Å²) < 4.78 is 0. The fraction of sp³-hybridized carbons (Fsp3) is 0.533. The second-order valence-electron chi connectivity index (χ2n) is 5.18. The van der Waals surface area contributed by atoms with E-state index in [-0.39, 0.29) is 6.42 Å². The number of benzene rings is 1. The van der Waals surface area contributed by atoms with E-state index in [1.165, 1.54) is 18.4 Å². The maximum absolute atomic E-state index is 10.7. The van der Waals surface area contributed by atoms with Crippen LogP contribution in [0.3, 0.4) is 0 Å². The van der Waals surface area contributed by atoms with E-state index in [2.05, 4.69) is 11.0 Å². The fourth-order valence-electron chi connectivity index (χ4n) is 2.75. The quantitative estimate of drug-likeness (QED) is 0.897. The number of carbonyl (C=O) groups is 1. The molecule has 0 aromatic heterocycles. The lowest BCUT2D eigenvalue weighted by Crippen LogP contribution is -2.39. The molecular weight excluding hydrogens is 262 g/mol. The van der Waals surface area contributed by atoms with E-state index >= 15 is 0 Å². The number of rotatable bonds is 5. The van der Waals surface area contributed by atoms with Crippen LogP contribution in [-0.4, -0.2) is 28.6 Å². The molecule has 1 saturated heterocycles. The van der Waals surface area contributed by atoms with E-state index in [1.54, 1.807) is 0 Å². The first-order valence-corrected chi connectivity index (χ1v) is 7.23. The molecule has 0 saturated carbocycles. The molecule has 0 radical (unpaired) electrons. The van der Waals surface area contributed by atoms with Crippen LogP contribution >= 0.6 is 11.6 Å². The van der Waals surface area contributed by atoms with E-state index in [4.69, 9.17) is 16.7 Å². The van der Waals surface area contributed by atoms with Crippen LogP contribution in [0, 0.1) is 0 Å². The van der Waals surface area contributed by atoms with Gasteiger partial charge >= 0.3 is 5.97 Å². The van der Waals surface area contributed by atoms with Crippen molar-refractivity contribution in [2.75, 3.05) is 6.54 Å². The molecule has 1 atom stereocenters. The molecule has 0 amide bonds. The highest BCUT2D eigenvalue weighted by Gasteiger charge is 2.22. The molecular formula is C15H20ClNO2. The Morgan fingerprint density at radius 2 is 2.26 bits per heavy atom. The minimum atomic E-state index is -0.701. The lowest BCUT2D eigenvalue weighted by atomic mass is 9.97. The van der Waals surface area contributed by atoms with E-state index in [1.807, 2.05) is 18.2 Å². The lowest BCUT2D eigenvalue weighted by Gasteiger charge is -2.35. The molecule has 0 bridgehead atoms. The first kappa shape index (κ1) is 14.4. The van der Waals surface area contributed by atoms with Gasteiger partial charge in [-0.2, -0.15) is 0 Å². The molecule has 1 aromatic carbocycles. The zero-order chi connectivity index (χ0) is 13.7. The van der Waals surface area contributed by atoms with Crippen LogP contribution in [0.2, 0.25) is 5.02 Å². The lowest BCUT2D eigenvalue weighted by molar-refractivity contribution is -0.137. The summed E-state index contributed by atoms with van der Waals surface area (Å²) in [5, 5.41) is 9.58. The van der Waals surface area contributed by atoms with E-state index in [9.17, 15) is 4.79 Å². The standard InChI is InChI=1S/C15H20ClNO2/c16-13-5-3-4-12(10-13)11-17-9-2-1-6-14(17)7-8-15(18)19/h3-5,10,14H,1-2,6-9,11H2,(H,18,19). The Bertz CT molecular complexity index is 436. The number of halogens is 1. The number of hydrogen-bond donors (Lipinski definition) is 1. The fourth-order valence-corrected chi connectivity index (χ4v) is 2.97. The van der Waals surface area contributed by atoms with Gasteiger partial charge in [0.1, 0.15) is 0 Å². The van der Waals surface area contributed by atoms with Gasteiger partial charge in [-0.25, -0.2) is 0 Å². The monoisotopic (exact) mass is 281 g/mol.